The summed E-state index contributed by atoms with van der Waals surface area (Å²) in [5.74, 6) is 1.73. The van der Waals surface area contributed by atoms with Crippen LogP contribution in [0.25, 0.3) is 10.8 Å². The molecular weight excluding hydrogens is 497 g/mol. The maximum absolute atomic E-state index is 4.51. The van der Waals surface area contributed by atoms with Crippen molar-refractivity contribution in [3.8, 4) is 0 Å². The number of nitrogens with zero attached hydrogens (tertiary/aromatic N) is 3. The Hall–Kier alpha value is -2.87. The van der Waals surface area contributed by atoms with Gasteiger partial charge in [0.2, 0.25) is 0 Å². The predicted octanol–water partition coefficient (Wildman–Crippen LogP) is 5.13. The van der Waals surface area contributed by atoms with Crippen molar-refractivity contribution in [3.05, 3.63) is 102 Å². The lowest BCUT2D eigenvalue weighted by atomic mass is 10.0. The Bertz CT molecular complexity index is 1140. The van der Waals surface area contributed by atoms with E-state index in [1.807, 2.05) is 18.5 Å². The molecule has 4 aromatic rings. The molecule has 6 heteroatoms. The number of imidazole rings is 1. The number of nitrogens with one attached hydrogen (secondary N) is 2. The summed E-state index contributed by atoms with van der Waals surface area (Å²) in [4.78, 5) is 8.89. The molecule has 0 fully saturated rings. The zero-order chi connectivity index (χ0) is 20.8. The second kappa shape index (κ2) is 10.9. The van der Waals surface area contributed by atoms with Gasteiger partial charge in [-0.3, -0.25) is 4.99 Å². The molecule has 0 saturated heterocycles. The lowest BCUT2D eigenvalue weighted by Crippen LogP contribution is -2.38. The van der Waals surface area contributed by atoms with Gasteiger partial charge in [-0.1, -0.05) is 66.7 Å². The third kappa shape index (κ3) is 5.85. The van der Waals surface area contributed by atoms with Crippen LogP contribution in [0, 0.1) is 0 Å². The molecule has 160 valence electrons. The van der Waals surface area contributed by atoms with Crippen LogP contribution >= 0.6 is 24.0 Å². The minimum absolute atomic E-state index is 0. The quantitative estimate of drug-likeness (QED) is 0.209. The monoisotopic (exact) mass is 525 g/mol. The molecule has 1 unspecified atom stereocenters. The molecule has 0 radical (unpaired) electrons. The van der Waals surface area contributed by atoms with Crippen molar-refractivity contribution >= 4 is 40.7 Å². The van der Waals surface area contributed by atoms with Gasteiger partial charge in [-0.2, -0.15) is 0 Å². The minimum Gasteiger partial charge on any atom is -0.350 e. The summed E-state index contributed by atoms with van der Waals surface area (Å²) in [6, 6.07) is 25.5. The summed E-state index contributed by atoms with van der Waals surface area (Å²) in [6.45, 7) is 3.55. The molecule has 0 aliphatic carbocycles. The molecule has 1 aromatic heterocycles. The number of halogens is 1. The van der Waals surface area contributed by atoms with E-state index in [2.05, 4.69) is 98.8 Å². The van der Waals surface area contributed by atoms with E-state index < -0.39 is 0 Å². The maximum atomic E-state index is 4.51. The number of hydrogen-bond donors (Lipinski definition) is 2. The van der Waals surface area contributed by atoms with Crippen molar-refractivity contribution in [3.63, 3.8) is 0 Å². The first-order chi connectivity index (χ1) is 14.7. The SMILES string of the molecule is CN=C(NCc1nccn1Cc1ccccc1)NC(C)c1ccc2ccccc2c1.I. The molecule has 0 spiro atoms. The molecule has 0 amide bonds. The minimum atomic E-state index is 0. The number of aromatic nitrogens is 2. The molecule has 0 saturated carbocycles. The predicted molar refractivity (Wildman–Crippen MR) is 139 cm³/mol. The summed E-state index contributed by atoms with van der Waals surface area (Å²) < 4.78 is 2.16. The van der Waals surface area contributed by atoms with Gasteiger partial charge in [0.1, 0.15) is 5.82 Å². The Morgan fingerprint density at radius 3 is 2.52 bits per heavy atom. The van der Waals surface area contributed by atoms with Crippen LogP contribution in [-0.4, -0.2) is 22.6 Å². The van der Waals surface area contributed by atoms with Crippen molar-refractivity contribution in [2.75, 3.05) is 7.05 Å². The Morgan fingerprint density at radius 1 is 1.00 bits per heavy atom. The second-order valence-corrected chi connectivity index (χ2v) is 7.36. The molecule has 1 heterocycles. The highest BCUT2D eigenvalue weighted by Gasteiger charge is 2.10. The van der Waals surface area contributed by atoms with Crippen LogP contribution in [0.4, 0.5) is 0 Å². The number of guanidine groups is 1. The average Bonchev–Trinajstić information content (AvgIpc) is 3.23. The Labute approximate surface area is 200 Å². The molecule has 0 aliphatic heterocycles. The van der Waals surface area contributed by atoms with Gasteiger partial charge in [0, 0.05) is 26.0 Å². The van der Waals surface area contributed by atoms with E-state index in [1.165, 1.54) is 21.9 Å². The highest BCUT2D eigenvalue weighted by atomic mass is 127. The first-order valence-electron chi connectivity index (χ1n) is 10.2. The van der Waals surface area contributed by atoms with Crippen molar-refractivity contribution in [2.24, 2.45) is 4.99 Å². The fraction of sp³-hybridized carbons (Fsp3) is 0.200. The van der Waals surface area contributed by atoms with E-state index in [-0.39, 0.29) is 30.0 Å². The van der Waals surface area contributed by atoms with Crippen molar-refractivity contribution in [1.82, 2.24) is 20.2 Å². The third-order valence-electron chi connectivity index (χ3n) is 5.26. The van der Waals surface area contributed by atoms with Gasteiger partial charge in [-0.15, -0.1) is 24.0 Å². The van der Waals surface area contributed by atoms with Gasteiger partial charge in [0.25, 0.3) is 0 Å². The van der Waals surface area contributed by atoms with Gasteiger partial charge < -0.3 is 15.2 Å². The van der Waals surface area contributed by atoms with E-state index in [4.69, 9.17) is 0 Å². The molecule has 0 bridgehead atoms. The van der Waals surface area contributed by atoms with E-state index in [0.29, 0.717) is 6.54 Å². The number of fused-ring (bicyclic) bond motifs is 1. The van der Waals surface area contributed by atoms with Crippen LogP contribution in [0.5, 0.6) is 0 Å². The van der Waals surface area contributed by atoms with Crippen molar-refractivity contribution in [1.29, 1.82) is 0 Å². The average molecular weight is 525 g/mol. The van der Waals surface area contributed by atoms with Gasteiger partial charge >= 0.3 is 0 Å². The van der Waals surface area contributed by atoms with Crippen LogP contribution in [0.2, 0.25) is 0 Å². The fourth-order valence-electron chi connectivity index (χ4n) is 3.55. The maximum Gasteiger partial charge on any atom is 0.191 e. The normalized spacial score (nSPS) is 12.3. The van der Waals surface area contributed by atoms with Crippen LogP contribution < -0.4 is 10.6 Å². The van der Waals surface area contributed by atoms with E-state index in [1.54, 1.807) is 7.05 Å². The topological polar surface area (TPSA) is 54.2 Å². The number of rotatable bonds is 6. The van der Waals surface area contributed by atoms with Gasteiger partial charge in [-0.05, 0) is 34.9 Å². The molecule has 1 atom stereocenters. The summed E-state index contributed by atoms with van der Waals surface area (Å²) in [7, 11) is 1.79. The first-order valence-corrected chi connectivity index (χ1v) is 10.2. The summed E-state index contributed by atoms with van der Waals surface area (Å²) >= 11 is 0. The van der Waals surface area contributed by atoms with E-state index >= 15 is 0 Å². The number of hydrogen-bond acceptors (Lipinski definition) is 2. The molecule has 5 nitrogen and oxygen atoms in total. The fourth-order valence-corrected chi connectivity index (χ4v) is 3.55. The molecular formula is C25H28IN5. The second-order valence-electron chi connectivity index (χ2n) is 7.36. The highest BCUT2D eigenvalue weighted by Crippen LogP contribution is 2.20. The Morgan fingerprint density at radius 2 is 1.74 bits per heavy atom. The van der Waals surface area contributed by atoms with Crippen LogP contribution in [-0.2, 0) is 13.1 Å². The highest BCUT2D eigenvalue weighted by molar-refractivity contribution is 14.0. The van der Waals surface area contributed by atoms with Crippen LogP contribution in [0.1, 0.15) is 29.9 Å². The summed E-state index contributed by atoms with van der Waals surface area (Å²) in [6.07, 6.45) is 3.85. The Kier molecular flexibility index (Phi) is 8.06. The molecule has 31 heavy (non-hydrogen) atoms. The van der Waals surface area contributed by atoms with Gasteiger partial charge in [0.05, 0.1) is 12.6 Å². The lowest BCUT2D eigenvalue weighted by Gasteiger charge is -2.19. The third-order valence-corrected chi connectivity index (χ3v) is 5.26. The van der Waals surface area contributed by atoms with E-state index in [0.717, 1.165) is 18.3 Å². The summed E-state index contributed by atoms with van der Waals surface area (Å²) in [5, 5.41) is 9.37. The zero-order valence-corrected chi connectivity index (χ0v) is 20.2. The molecule has 3 aromatic carbocycles. The smallest absolute Gasteiger partial charge is 0.191 e. The van der Waals surface area contributed by atoms with Crippen molar-refractivity contribution in [2.45, 2.75) is 26.1 Å². The summed E-state index contributed by atoms with van der Waals surface area (Å²) in [5.41, 5.74) is 2.48. The molecule has 2 N–H and O–H groups in total. The standard InChI is InChI=1S/C25H27N5.HI/c1-19(22-13-12-21-10-6-7-11-23(21)16-22)29-25(26-2)28-17-24-27-14-15-30(24)18-20-8-4-3-5-9-20;/h3-16,19H,17-18H2,1-2H3,(H2,26,28,29);1H. The Balaban J connectivity index is 0.00000272. The van der Waals surface area contributed by atoms with E-state index in [9.17, 15) is 0 Å². The molecule has 0 aliphatic rings. The van der Waals surface area contributed by atoms with Gasteiger partial charge in [0.15, 0.2) is 5.96 Å². The van der Waals surface area contributed by atoms with Crippen LogP contribution in [0.15, 0.2) is 90.2 Å². The first kappa shape index (κ1) is 22.8. The number of aliphatic imine (C=N–C) groups is 1. The van der Waals surface area contributed by atoms with Gasteiger partial charge in [-0.25, -0.2) is 4.98 Å². The van der Waals surface area contributed by atoms with Crippen molar-refractivity contribution < 1.29 is 0 Å². The number of benzene rings is 3. The zero-order valence-electron chi connectivity index (χ0n) is 17.8. The lowest BCUT2D eigenvalue weighted by molar-refractivity contribution is 0.658. The van der Waals surface area contributed by atoms with Crippen LogP contribution in [0.3, 0.4) is 0 Å². The largest absolute Gasteiger partial charge is 0.350 e. The molecule has 4 rings (SSSR count).